The topological polar surface area (TPSA) is 62.0 Å². The Labute approximate surface area is 103 Å². The summed E-state index contributed by atoms with van der Waals surface area (Å²) in [7, 11) is 0. The van der Waals surface area contributed by atoms with Gasteiger partial charge in [-0.2, -0.15) is 0 Å². The molecule has 4 nitrogen and oxygen atoms in total. The normalized spacial score (nSPS) is 12.1. The summed E-state index contributed by atoms with van der Waals surface area (Å²) < 4.78 is 0. The number of rotatable bonds is 5. The van der Waals surface area contributed by atoms with Crippen LogP contribution in [0.15, 0.2) is 23.1 Å². The Morgan fingerprint density at radius 1 is 1.62 bits per heavy atom. The van der Waals surface area contributed by atoms with E-state index in [0.29, 0.717) is 5.56 Å². The van der Waals surface area contributed by atoms with E-state index in [1.165, 1.54) is 12.3 Å². The molecule has 1 unspecified atom stereocenters. The summed E-state index contributed by atoms with van der Waals surface area (Å²) in [5, 5.41) is 3.74. The fourth-order valence-electron chi connectivity index (χ4n) is 1.36. The van der Waals surface area contributed by atoms with Crippen molar-refractivity contribution in [3.05, 3.63) is 34.2 Å². The molecule has 0 saturated heterocycles. The highest BCUT2D eigenvalue weighted by atomic mass is 79.9. The van der Waals surface area contributed by atoms with Gasteiger partial charge in [-0.3, -0.25) is 9.59 Å². The van der Waals surface area contributed by atoms with E-state index in [-0.39, 0.29) is 17.5 Å². The molecule has 1 rings (SSSR count). The van der Waals surface area contributed by atoms with Crippen LogP contribution in [0.3, 0.4) is 0 Å². The van der Waals surface area contributed by atoms with Crippen molar-refractivity contribution in [3.8, 4) is 0 Å². The highest BCUT2D eigenvalue weighted by Crippen LogP contribution is 2.02. The zero-order chi connectivity index (χ0) is 12.0. The van der Waals surface area contributed by atoms with Gasteiger partial charge in [0.05, 0.1) is 0 Å². The van der Waals surface area contributed by atoms with E-state index in [4.69, 9.17) is 0 Å². The summed E-state index contributed by atoms with van der Waals surface area (Å²) in [5.74, 6) is -0.195. The summed E-state index contributed by atoms with van der Waals surface area (Å²) in [6.07, 6.45) is 3.23. The van der Waals surface area contributed by atoms with E-state index < -0.39 is 0 Å². The first-order valence-corrected chi connectivity index (χ1v) is 6.35. The molecule has 0 spiro atoms. The number of aromatic nitrogens is 1. The number of aromatic amines is 1. The Hall–Kier alpha value is -1.10. The molecule has 0 fully saturated rings. The average Bonchev–Trinajstić information content (AvgIpc) is 2.28. The van der Waals surface area contributed by atoms with Crippen LogP contribution in [0.25, 0.3) is 0 Å². The number of amides is 1. The highest BCUT2D eigenvalue weighted by molar-refractivity contribution is 9.09. The monoisotopic (exact) mass is 286 g/mol. The lowest BCUT2D eigenvalue weighted by Gasteiger charge is -2.15. The standard InChI is InChI=1S/C11H15BrN2O2/c1-2-9(3-5-12)14-11(16)8-4-6-13-10(15)7-8/h4,6-7,9H,2-3,5H2,1H3,(H,13,15)(H,14,16). The molecule has 5 heteroatoms. The summed E-state index contributed by atoms with van der Waals surface area (Å²) >= 11 is 3.34. The predicted octanol–water partition coefficient (Wildman–Crippen LogP) is 1.67. The summed E-state index contributed by atoms with van der Waals surface area (Å²) in [5.41, 5.74) is 0.137. The van der Waals surface area contributed by atoms with Crippen LogP contribution < -0.4 is 10.9 Å². The van der Waals surface area contributed by atoms with Crippen molar-refractivity contribution in [2.75, 3.05) is 5.33 Å². The van der Waals surface area contributed by atoms with Crippen molar-refractivity contribution in [3.63, 3.8) is 0 Å². The van der Waals surface area contributed by atoms with Crippen LogP contribution in [0.2, 0.25) is 0 Å². The summed E-state index contributed by atoms with van der Waals surface area (Å²) in [6, 6.07) is 3.04. The van der Waals surface area contributed by atoms with Gasteiger partial charge < -0.3 is 10.3 Å². The van der Waals surface area contributed by atoms with E-state index in [1.807, 2.05) is 6.92 Å². The Balaban J connectivity index is 2.67. The minimum Gasteiger partial charge on any atom is -0.349 e. The maximum absolute atomic E-state index is 11.8. The number of pyridine rings is 1. The molecule has 1 heterocycles. The van der Waals surface area contributed by atoms with Crippen LogP contribution in [-0.2, 0) is 0 Å². The maximum atomic E-state index is 11.8. The number of halogens is 1. The number of hydrogen-bond donors (Lipinski definition) is 2. The molecule has 0 aliphatic heterocycles. The van der Waals surface area contributed by atoms with Gasteiger partial charge in [-0.25, -0.2) is 0 Å². The average molecular weight is 287 g/mol. The third-order valence-electron chi connectivity index (χ3n) is 2.32. The molecule has 0 saturated carbocycles. The van der Waals surface area contributed by atoms with Gasteiger partial charge in [0, 0.05) is 29.2 Å². The summed E-state index contributed by atoms with van der Waals surface area (Å²) in [4.78, 5) is 25.3. The predicted molar refractivity (Wildman–Crippen MR) is 67.0 cm³/mol. The number of carbonyl (C=O) groups excluding carboxylic acids is 1. The lowest BCUT2D eigenvalue weighted by Crippen LogP contribution is -2.35. The number of carbonyl (C=O) groups is 1. The van der Waals surface area contributed by atoms with Crippen molar-refractivity contribution < 1.29 is 4.79 Å². The van der Waals surface area contributed by atoms with Crippen molar-refractivity contribution >= 4 is 21.8 Å². The minimum absolute atomic E-state index is 0.145. The van der Waals surface area contributed by atoms with Crippen molar-refractivity contribution in [1.82, 2.24) is 10.3 Å². The second-order valence-corrected chi connectivity index (χ2v) is 4.29. The molecule has 1 aromatic rings. The molecule has 1 aromatic heterocycles. The van der Waals surface area contributed by atoms with Crippen LogP contribution in [0, 0.1) is 0 Å². The fraction of sp³-hybridized carbons (Fsp3) is 0.455. The molecule has 1 atom stereocenters. The van der Waals surface area contributed by atoms with Crippen LogP contribution in [0.4, 0.5) is 0 Å². The Kier molecular flexibility index (Phi) is 5.25. The Morgan fingerprint density at radius 2 is 2.38 bits per heavy atom. The van der Waals surface area contributed by atoms with Gasteiger partial charge in [-0.1, -0.05) is 22.9 Å². The van der Waals surface area contributed by atoms with Gasteiger partial charge in [-0.05, 0) is 18.9 Å². The van der Waals surface area contributed by atoms with Gasteiger partial charge in [0.15, 0.2) is 0 Å². The molecule has 0 radical (unpaired) electrons. The smallest absolute Gasteiger partial charge is 0.251 e. The van der Waals surface area contributed by atoms with E-state index in [1.54, 1.807) is 6.07 Å². The fourth-order valence-corrected chi connectivity index (χ4v) is 1.92. The third-order valence-corrected chi connectivity index (χ3v) is 2.78. The molecule has 1 amide bonds. The molecular formula is C11H15BrN2O2. The zero-order valence-corrected chi connectivity index (χ0v) is 10.7. The van der Waals surface area contributed by atoms with Gasteiger partial charge in [0.25, 0.3) is 5.91 Å². The van der Waals surface area contributed by atoms with Gasteiger partial charge in [0.2, 0.25) is 5.56 Å². The number of alkyl halides is 1. The maximum Gasteiger partial charge on any atom is 0.251 e. The Bertz CT molecular complexity index is 403. The van der Waals surface area contributed by atoms with Crippen molar-refractivity contribution in [2.45, 2.75) is 25.8 Å². The third kappa shape index (κ3) is 3.81. The van der Waals surface area contributed by atoms with Crippen LogP contribution in [0.1, 0.15) is 30.1 Å². The van der Waals surface area contributed by atoms with Gasteiger partial charge in [0.1, 0.15) is 0 Å². The van der Waals surface area contributed by atoms with Crippen molar-refractivity contribution in [1.29, 1.82) is 0 Å². The largest absolute Gasteiger partial charge is 0.349 e. The van der Waals surface area contributed by atoms with Crippen LogP contribution >= 0.6 is 15.9 Å². The second kappa shape index (κ2) is 6.48. The molecule has 0 bridgehead atoms. The first-order chi connectivity index (χ1) is 7.67. The van der Waals surface area contributed by atoms with E-state index >= 15 is 0 Å². The van der Waals surface area contributed by atoms with Crippen LogP contribution in [-0.4, -0.2) is 22.3 Å². The molecular weight excluding hydrogens is 272 g/mol. The number of H-pyrrole nitrogens is 1. The van der Waals surface area contributed by atoms with Crippen LogP contribution in [0.5, 0.6) is 0 Å². The Morgan fingerprint density at radius 3 is 2.94 bits per heavy atom. The van der Waals surface area contributed by atoms with E-state index in [9.17, 15) is 9.59 Å². The first-order valence-electron chi connectivity index (χ1n) is 5.23. The molecule has 2 N–H and O–H groups in total. The minimum atomic E-state index is -0.263. The number of nitrogens with one attached hydrogen (secondary N) is 2. The SMILES string of the molecule is CCC(CCBr)NC(=O)c1cc[nH]c(=O)c1. The van der Waals surface area contributed by atoms with Crippen molar-refractivity contribution in [2.24, 2.45) is 0 Å². The zero-order valence-electron chi connectivity index (χ0n) is 9.13. The van der Waals surface area contributed by atoms with E-state index in [0.717, 1.165) is 18.2 Å². The van der Waals surface area contributed by atoms with E-state index in [2.05, 4.69) is 26.2 Å². The quantitative estimate of drug-likeness (QED) is 0.809. The molecule has 0 aliphatic rings. The second-order valence-electron chi connectivity index (χ2n) is 3.50. The number of hydrogen-bond acceptors (Lipinski definition) is 2. The van der Waals surface area contributed by atoms with Gasteiger partial charge in [-0.15, -0.1) is 0 Å². The lowest BCUT2D eigenvalue weighted by molar-refractivity contribution is 0.0935. The molecule has 0 aromatic carbocycles. The molecule has 0 aliphatic carbocycles. The lowest BCUT2D eigenvalue weighted by atomic mass is 10.1. The first kappa shape index (κ1) is 13.0. The summed E-state index contributed by atoms with van der Waals surface area (Å²) in [6.45, 7) is 2.02. The highest BCUT2D eigenvalue weighted by Gasteiger charge is 2.11. The molecule has 16 heavy (non-hydrogen) atoms. The molecule has 88 valence electrons. The van der Waals surface area contributed by atoms with Gasteiger partial charge >= 0.3 is 0 Å².